The van der Waals surface area contributed by atoms with Crippen molar-refractivity contribution >= 4 is 27.0 Å². The molecule has 3 heteroatoms. The maximum atomic E-state index is 4.36. The summed E-state index contributed by atoms with van der Waals surface area (Å²) < 4.78 is 0.831. The van der Waals surface area contributed by atoms with Crippen LogP contribution in [0.15, 0.2) is 22.8 Å². The Kier molecular flexibility index (Phi) is 2.04. The Balaban J connectivity index is 2.86. The zero-order valence-electron chi connectivity index (χ0n) is 7.50. The Morgan fingerprint density at radius 2 is 1.92 bits per heavy atom. The molecule has 2 heterocycles. The largest absolute Gasteiger partial charge is 0.233 e. The van der Waals surface area contributed by atoms with Crippen molar-refractivity contribution in [1.29, 1.82) is 0 Å². The zero-order valence-corrected chi connectivity index (χ0v) is 9.09. The molecule has 0 unspecified atom stereocenters. The molecule has 0 fully saturated rings. The molecule has 2 aromatic heterocycles. The van der Waals surface area contributed by atoms with Gasteiger partial charge in [0.2, 0.25) is 0 Å². The molecule has 13 heavy (non-hydrogen) atoms. The maximum absolute atomic E-state index is 4.36. The molecule has 0 spiro atoms. The minimum atomic E-state index is 0.812. The van der Waals surface area contributed by atoms with Gasteiger partial charge in [-0.3, -0.25) is 0 Å². The minimum absolute atomic E-state index is 0.812. The first-order valence-electron chi connectivity index (χ1n) is 4.07. The third kappa shape index (κ3) is 1.56. The number of aromatic nitrogens is 2. The molecule has 66 valence electrons. The van der Waals surface area contributed by atoms with Gasteiger partial charge >= 0.3 is 0 Å². The van der Waals surface area contributed by atoms with Crippen molar-refractivity contribution in [2.24, 2.45) is 0 Å². The van der Waals surface area contributed by atoms with Crippen LogP contribution in [0.2, 0.25) is 0 Å². The van der Waals surface area contributed by atoms with Crippen molar-refractivity contribution in [2.75, 3.05) is 0 Å². The van der Waals surface area contributed by atoms with Crippen molar-refractivity contribution in [2.45, 2.75) is 13.8 Å². The number of pyridine rings is 2. The average Bonchev–Trinajstić information content (AvgIpc) is 2.02. The fourth-order valence-electron chi connectivity index (χ4n) is 1.41. The molecule has 2 aromatic rings. The quantitative estimate of drug-likeness (QED) is 0.658. The molecule has 0 aliphatic carbocycles. The molecule has 0 aliphatic heterocycles. The van der Waals surface area contributed by atoms with Crippen LogP contribution in [0.1, 0.15) is 11.3 Å². The lowest BCUT2D eigenvalue weighted by Gasteiger charge is -2.02. The summed E-state index contributed by atoms with van der Waals surface area (Å²) in [5.74, 6) is 0. The highest BCUT2D eigenvalue weighted by atomic mass is 79.9. The summed E-state index contributed by atoms with van der Waals surface area (Å²) in [5.41, 5.74) is 3.05. The van der Waals surface area contributed by atoms with Crippen molar-refractivity contribution in [1.82, 2.24) is 9.97 Å². The van der Waals surface area contributed by atoms with Crippen LogP contribution in [0.3, 0.4) is 0 Å². The molecule has 0 N–H and O–H groups in total. The molecule has 0 aliphatic rings. The summed E-state index contributed by atoms with van der Waals surface area (Å²) in [4.78, 5) is 8.66. The predicted molar refractivity (Wildman–Crippen MR) is 56.7 cm³/mol. The Labute approximate surface area is 85.1 Å². The second-order valence-electron chi connectivity index (χ2n) is 3.09. The summed E-state index contributed by atoms with van der Waals surface area (Å²) >= 11 is 3.33. The van der Waals surface area contributed by atoms with Crippen molar-refractivity contribution in [3.8, 4) is 0 Å². The van der Waals surface area contributed by atoms with E-state index in [0.717, 1.165) is 21.3 Å². The number of nitrogens with zero attached hydrogens (tertiary/aromatic N) is 2. The first-order chi connectivity index (χ1) is 6.16. The third-order valence-electron chi connectivity index (χ3n) is 1.97. The maximum Gasteiger partial charge on any atom is 0.160 e. The van der Waals surface area contributed by atoms with Crippen molar-refractivity contribution in [3.05, 3.63) is 34.1 Å². The van der Waals surface area contributed by atoms with Crippen LogP contribution in [-0.4, -0.2) is 9.97 Å². The van der Waals surface area contributed by atoms with Gasteiger partial charge in [0, 0.05) is 11.1 Å². The summed E-state index contributed by atoms with van der Waals surface area (Å²) in [6, 6.07) is 6.04. The van der Waals surface area contributed by atoms with E-state index in [1.807, 2.05) is 19.1 Å². The van der Waals surface area contributed by atoms with E-state index in [9.17, 15) is 0 Å². The van der Waals surface area contributed by atoms with Gasteiger partial charge in [-0.1, -0.05) is 0 Å². The van der Waals surface area contributed by atoms with E-state index in [2.05, 4.69) is 38.9 Å². The van der Waals surface area contributed by atoms with Gasteiger partial charge in [0.25, 0.3) is 0 Å². The SMILES string of the molecule is Cc1cc(C)c2ccc(Br)nc2n1. The van der Waals surface area contributed by atoms with Gasteiger partial charge in [-0.15, -0.1) is 0 Å². The molecule has 0 bridgehead atoms. The monoisotopic (exact) mass is 236 g/mol. The summed E-state index contributed by atoms with van der Waals surface area (Å²) in [6.07, 6.45) is 0. The number of aryl methyl sites for hydroxylation is 2. The lowest BCUT2D eigenvalue weighted by Crippen LogP contribution is -1.90. The van der Waals surface area contributed by atoms with E-state index in [-0.39, 0.29) is 0 Å². The average molecular weight is 237 g/mol. The lowest BCUT2D eigenvalue weighted by molar-refractivity contribution is 1.17. The van der Waals surface area contributed by atoms with E-state index >= 15 is 0 Å². The fraction of sp³-hybridized carbons (Fsp3) is 0.200. The van der Waals surface area contributed by atoms with Crippen LogP contribution in [0.4, 0.5) is 0 Å². The minimum Gasteiger partial charge on any atom is -0.233 e. The Hall–Kier alpha value is -0.960. The molecular weight excluding hydrogens is 228 g/mol. The topological polar surface area (TPSA) is 25.8 Å². The van der Waals surface area contributed by atoms with Gasteiger partial charge in [0.1, 0.15) is 4.60 Å². The van der Waals surface area contributed by atoms with Crippen molar-refractivity contribution in [3.63, 3.8) is 0 Å². The number of halogens is 1. The van der Waals surface area contributed by atoms with E-state index < -0.39 is 0 Å². The molecule has 0 amide bonds. The molecule has 0 saturated heterocycles. The highest BCUT2D eigenvalue weighted by Gasteiger charge is 2.01. The molecule has 0 atom stereocenters. The van der Waals surface area contributed by atoms with E-state index in [4.69, 9.17) is 0 Å². The van der Waals surface area contributed by atoms with Crippen molar-refractivity contribution < 1.29 is 0 Å². The molecular formula is C10H9BrN2. The van der Waals surface area contributed by atoms with E-state index in [0.29, 0.717) is 0 Å². The standard InChI is InChI=1S/C10H9BrN2/c1-6-5-7(2)12-10-8(6)3-4-9(11)13-10/h3-5H,1-2H3. The van der Waals surface area contributed by atoms with Gasteiger partial charge in [-0.05, 0) is 53.5 Å². The second-order valence-corrected chi connectivity index (χ2v) is 3.90. The summed E-state index contributed by atoms with van der Waals surface area (Å²) in [5, 5.41) is 1.12. The third-order valence-corrected chi connectivity index (χ3v) is 2.42. The lowest BCUT2D eigenvalue weighted by atomic mass is 10.1. The van der Waals surface area contributed by atoms with Crippen LogP contribution in [0, 0.1) is 13.8 Å². The molecule has 2 rings (SSSR count). The first-order valence-corrected chi connectivity index (χ1v) is 4.86. The Bertz CT molecular complexity index is 460. The second kappa shape index (κ2) is 3.07. The molecule has 0 radical (unpaired) electrons. The van der Waals surface area contributed by atoms with Crippen LogP contribution < -0.4 is 0 Å². The molecule has 0 aromatic carbocycles. The Morgan fingerprint density at radius 3 is 2.69 bits per heavy atom. The number of hydrogen-bond donors (Lipinski definition) is 0. The fourth-order valence-corrected chi connectivity index (χ4v) is 1.71. The molecule has 2 nitrogen and oxygen atoms in total. The number of hydrogen-bond acceptors (Lipinski definition) is 2. The van der Waals surface area contributed by atoms with Gasteiger partial charge in [0.05, 0.1) is 0 Å². The van der Waals surface area contributed by atoms with Gasteiger partial charge < -0.3 is 0 Å². The van der Waals surface area contributed by atoms with Gasteiger partial charge in [-0.2, -0.15) is 0 Å². The van der Waals surface area contributed by atoms with Crippen LogP contribution >= 0.6 is 15.9 Å². The van der Waals surface area contributed by atoms with E-state index in [1.165, 1.54) is 5.56 Å². The summed E-state index contributed by atoms with van der Waals surface area (Å²) in [6.45, 7) is 4.06. The van der Waals surface area contributed by atoms with Crippen LogP contribution in [0.25, 0.3) is 11.0 Å². The highest BCUT2D eigenvalue weighted by Crippen LogP contribution is 2.18. The number of rotatable bonds is 0. The Morgan fingerprint density at radius 1 is 1.15 bits per heavy atom. The smallest absolute Gasteiger partial charge is 0.160 e. The zero-order chi connectivity index (χ0) is 9.42. The highest BCUT2D eigenvalue weighted by molar-refractivity contribution is 9.10. The first kappa shape index (κ1) is 8.63. The van der Waals surface area contributed by atoms with Gasteiger partial charge in [0.15, 0.2) is 5.65 Å². The summed E-state index contributed by atoms with van der Waals surface area (Å²) in [7, 11) is 0. The normalized spacial score (nSPS) is 10.7. The molecule has 0 saturated carbocycles. The van der Waals surface area contributed by atoms with Crippen LogP contribution in [0.5, 0.6) is 0 Å². The number of fused-ring (bicyclic) bond motifs is 1. The van der Waals surface area contributed by atoms with E-state index in [1.54, 1.807) is 0 Å². The van der Waals surface area contributed by atoms with Crippen LogP contribution in [-0.2, 0) is 0 Å². The predicted octanol–water partition coefficient (Wildman–Crippen LogP) is 3.01. The van der Waals surface area contributed by atoms with Gasteiger partial charge in [-0.25, -0.2) is 9.97 Å².